The number of hydrogen-bond acceptors (Lipinski definition) is 4. The van der Waals surface area contributed by atoms with Crippen molar-refractivity contribution >= 4 is 40.6 Å². The minimum atomic E-state index is 0.0359. The molecule has 1 aromatic carbocycles. The topological polar surface area (TPSA) is 54.5 Å². The van der Waals surface area contributed by atoms with Crippen molar-refractivity contribution in [1.82, 2.24) is 9.55 Å². The first-order chi connectivity index (χ1) is 12.1. The minimum absolute atomic E-state index is 0.0359. The molecule has 8 heteroatoms. The summed E-state index contributed by atoms with van der Waals surface area (Å²) in [5, 5.41) is 8.72. The van der Waals surface area contributed by atoms with Gasteiger partial charge in [-0.15, -0.1) is 5.11 Å². The molecule has 0 saturated heterocycles. The van der Waals surface area contributed by atoms with Crippen molar-refractivity contribution in [2.24, 2.45) is 10.2 Å². The first-order valence-electron chi connectivity index (χ1n) is 7.91. The Morgan fingerprint density at radius 1 is 1.16 bits per heavy atom. The summed E-state index contributed by atoms with van der Waals surface area (Å²) in [6.45, 7) is 22.6. The van der Waals surface area contributed by atoms with Gasteiger partial charge in [-0.1, -0.05) is 34.8 Å². The van der Waals surface area contributed by atoms with Crippen LogP contribution in [-0.4, -0.2) is 22.6 Å². The van der Waals surface area contributed by atoms with Crippen molar-refractivity contribution in [3.05, 3.63) is 46.1 Å². The number of anilines is 1. The highest BCUT2D eigenvalue weighted by atomic mass is 35.5. The lowest BCUT2D eigenvalue weighted by Crippen LogP contribution is -2.21. The molecule has 0 spiro atoms. The first kappa shape index (κ1) is 18.4. The van der Waals surface area contributed by atoms with Crippen molar-refractivity contribution in [2.75, 3.05) is 18.0 Å². The largest absolute Gasteiger partial charge is 0.416 e. The van der Waals surface area contributed by atoms with E-state index in [1.165, 1.54) is 0 Å². The fraction of sp³-hybridized carbons (Fsp3) is 0.353. The van der Waals surface area contributed by atoms with Gasteiger partial charge in [-0.2, -0.15) is 0 Å². The third-order valence-corrected chi connectivity index (χ3v) is 4.04. The third-order valence-electron chi connectivity index (χ3n) is 3.74. The molecular weight excluding hydrogens is 338 g/mol. The molecule has 7 nitrogen and oxygen atoms in total. The molecule has 0 aliphatic rings. The molecule has 0 bridgehead atoms. The second-order valence-electron chi connectivity index (χ2n) is 5.03. The molecular formula is C17H18ClN7. The van der Waals surface area contributed by atoms with E-state index < -0.39 is 0 Å². The number of aromatic nitrogens is 2. The van der Waals surface area contributed by atoms with Crippen LogP contribution in [0.5, 0.6) is 0 Å². The molecule has 2 aromatic rings. The van der Waals surface area contributed by atoms with E-state index >= 15 is 0 Å². The monoisotopic (exact) mass is 355 g/mol. The van der Waals surface area contributed by atoms with Crippen LogP contribution in [0, 0.1) is 13.1 Å². The Labute approximate surface area is 152 Å². The highest BCUT2D eigenvalue weighted by Gasteiger charge is 2.20. The molecule has 0 aliphatic carbocycles. The summed E-state index contributed by atoms with van der Waals surface area (Å²) in [6.07, 6.45) is 0. The molecule has 1 aromatic heterocycles. The van der Waals surface area contributed by atoms with E-state index in [1.54, 1.807) is 10.6 Å². The van der Waals surface area contributed by atoms with E-state index in [4.69, 9.17) is 24.7 Å². The normalized spacial score (nSPS) is 10.6. The average molecular weight is 356 g/mol. The van der Waals surface area contributed by atoms with E-state index in [-0.39, 0.29) is 17.6 Å². The van der Waals surface area contributed by atoms with Gasteiger partial charge in [0.05, 0.1) is 11.6 Å². The smallest absolute Gasteiger partial charge is 0.373 e. The van der Waals surface area contributed by atoms with Gasteiger partial charge in [-0.25, -0.2) is 4.57 Å². The van der Waals surface area contributed by atoms with Crippen molar-refractivity contribution < 1.29 is 0 Å². The highest BCUT2D eigenvalue weighted by Crippen LogP contribution is 2.35. The standard InChI is InChI=1S/C17H18ClN7/c1-6-24(7-2)12-9-10-14(13(18)11-12)22-23-17-21-15(19-4)16(20-5)25(17)8-3/h9-11H,6-8H2,1-3H3. The van der Waals surface area contributed by atoms with E-state index in [9.17, 15) is 0 Å². The molecule has 25 heavy (non-hydrogen) atoms. The Morgan fingerprint density at radius 3 is 2.40 bits per heavy atom. The minimum Gasteiger partial charge on any atom is -0.373 e. The number of halogens is 1. The number of imidazole rings is 1. The average Bonchev–Trinajstić information content (AvgIpc) is 2.98. The Morgan fingerprint density at radius 2 is 1.88 bits per heavy atom. The lowest BCUT2D eigenvalue weighted by atomic mass is 10.2. The maximum atomic E-state index is 7.20. The molecule has 0 unspecified atom stereocenters. The van der Waals surface area contributed by atoms with Crippen LogP contribution in [0.1, 0.15) is 20.8 Å². The molecule has 0 amide bonds. The van der Waals surface area contributed by atoms with E-state index in [1.807, 2.05) is 19.1 Å². The summed E-state index contributed by atoms with van der Waals surface area (Å²) in [6, 6.07) is 5.59. The van der Waals surface area contributed by atoms with Crippen molar-refractivity contribution in [2.45, 2.75) is 27.3 Å². The quantitative estimate of drug-likeness (QED) is 0.477. The second kappa shape index (κ2) is 8.27. The lowest BCUT2D eigenvalue weighted by molar-refractivity contribution is 0.770. The molecule has 0 radical (unpaired) electrons. The van der Waals surface area contributed by atoms with Crippen LogP contribution in [0.25, 0.3) is 9.69 Å². The molecule has 0 N–H and O–H groups in total. The molecule has 1 heterocycles. The maximum Gasteiger partial charge on any atom is 0.416 e. The maximum absolute atomic E-state index is 7.20. The van der Waals surface area contributed by atoms with E-state index in [0.717, 1.165) is 18.8 Å². The fourth-order valence-electron chi connectivity index (χ4n) is 2.43. The van der Waals surface area contributed by atoms with Crippen LogP contribution >= 0.6 is 11.6 Å². The number of rotatable bonds is 6. The van der Waals surface area contributed by atoms with E-state index in [0.29, 0.717) is 17.3 Å². The molecule has 0 saturated carbocycles. The predicted molar refractivity (Wildman–Crippen MR) is 99.6 cm³/mol. The molecule has 128 valence electrons. The Bertz CT molecular complexity index is 866. The van der Waals surface area contributed by atoms with Gasteiger partial charge in [-0.05, 0) is 39.0 Å². The van der Waals surface area contributed by atoms with Crippen molar-refractivity contribution in [3.63, 3.8) is 0 Å². The first-order valence-corrected chi connectivity index (χ1v) is 8.28. The van der Waals surface area contributed by atoms with Gasteiger partial charge >= 0.3 is 5.95 Å². The summed E-state index contributed by atoms with van der Waals surface area (Å²) < 4.78 is 1.56. The zero-order valence-corrected chi connectivity index (χ0v) is 15.1. The molecule has 2 rings (SSSR count). The fourth-order valence-corrected chi connectivity index (χ4v) is 2.65. The lowest BCUT2D eigenvalue weighted by Gasteiger charge is -2.21. The van der Waals surface area contributed by atoms with Crippen LogP contribution in [0.3, 0.4) is 0 Å². The number of nitrogens with zero attached hydrogens (tertiary/aromatic N) is 7. The summed E-state index contributed by atoms with van der Waals surface area (Å²) >= 11 is 6.31. The zero-order chi connectivity index (χ0) is 18.4. The zero-order valence-electron chi connectivity index (χ0n) is 14.4. The Balaban J connectivity index is 2.36. The predicted octanol–water partition coefficient (Wildman–Crippen LogP) is 5.92. The van der Waals surface area contributed by atoms with Crippen LogP contribution in [0.2, 0.25) is 5.02 Å². The number of benzene rings is 1. The summed E-state index contributed by atoms with van der Waals surface area (Å²) in [4.78, 5) is 12.9. The van der Waals surface area contributed by atoms with Gasteiger partial charge < -0.3 is 14.6 Å². The van der Waals surface area contributed by atoms with Crippen molar-refractivity contribution in [3.8, 4) is 0 Å². The van der Waals surface area contributed by atoms with Gasteiger partial charge in [0.2, 0.25) is 0 Å². The van der Waals surface area contributed by atoms with Crippen LogP contribution in [-0.2, 0) is 6.54 Å². The summed E-state index contributed by atoms with van der Waals surface area (Å²) in [7, 11) is 0. The van der Waals surface area contributed by atoms with E-state index in [2.05, 4.69) is 43.6 Å². The second-order valence-corrected chi connectivity index (χ2v) is 5.44. The highest BCUT2D eigenvalue weighted by molar-refractivity contribution is 6.33. The van der Waals surface area contributed by atoms with Crippen molar-refractivity contribution in [1.29, 1.82) is 0 Å². The number of azo groups is 1. The Hall–Kier alpha value is -2.90. The van der Waals surface area contributed by atoms with Gasteiger partial charge in [0.15, 0.2) is 0 Å². The number of hydrogen-bond donors (Lipinski definition) is 0. The van der Waals surface area contributed by atoms with Gasteiger partial charge in [0, 0.05) is 18.8 Å². The summed E-state index contributed by atoms with van der Waals surface area (Å²) in [5.41, 5.74) is 1.53. The molecule has 0 atom stereocenters. The third kappa shape index (κ3) is 3.78. The molecule has 0 aliphatic heterocycles. The summed E-state index contributed by atoms with van der Waals surface area (Å²) in [5.74, 6) is 0.437. The van der Waals surface area contributed by atoms with Crippen LogP contribution < -0.4 is 4.90 Å². The van der Waals surface area contributed by atoms with Gasteiger partial charge in [0.25, 0.3) is 11.6 Å². The van der Waals surface area contributed by atoms with Crippen LogP contribution in [0.4, 0.5) is 29.0 Å². The molecule has 0 fully saturated rings. The van der Waals surface area contributed by atoms with Gasteiger partial charge in [0.1, 0.15) is 5.69 Å². The van der Waals surface area contributed by atoms with Crippen LogP contribution in [0.15, 0.2) is 28.4 Å². The van der Waals surface area contributed by atoms with Gasteiger partial charge in [-0.3, -0.25) is 0 Å². The Kier molecular flexibility index (Phi) is 6.10. The SMILES string of the molecule is [C-]#[N+]c1nc(N=Nc2ccc(N(CC)CC)cc2Cl)n(CC)c1[N+]#[C-].